The van der Waals surface area contributed by atoms with Crippen LogP contribution >= 0.6 is 0 Å². The van der Waals surface area contributed by atoms with E-state index >= 15 is 0 Å². The second kappa shape index (κ2) is 6.76. The highest BCUT2D eigenvalue weighted by atomic mass is 16.2. The van der Waals surface area contributed by atoms with Gasteiger partial charge in [0, 0.05) is 18.3 Å². The van der Waals surface area contributed by atoms with E-state index in [1.165, 1.54) is 11.1 Å². The van der Waals surface area contributed by atoms with Crippen LogP contribution in [0.25, 0.3) is 0 Å². The van der Waals surface area contributed by atoms with E-state index in [1.54, 1.807) is 0 Å². The lowest BCUT2D eigenvalue weighted by molar-refractivity contribution is 0.0728. The molecule has 0 aliphatic heterocycles. The number of nitrogens with zero attached hydrogens (tertiary/aromatic N) is 2. The van der Waals surface area contributed by atoms with Gasteiger partial charge in [0.2, 0.25) is 0 Å². The van der Waals surface area contributed by atoms with Gasteiger partial charge in [-0.15, -0.1) is 0 Å². The van der Waals surface area contributed by atoms with Gasteiger partial charge in [0.15, 0.2) is 0 Å². The zero-order chi connectivity index (χ0) is 17.3. The fourth-order valence-corrected chi connectivity index (χ4v) is 3.02. The first-order valence-corrected chi connectivity index (χ1v) is 8.79. The van der Waals surface area contributed by atoms with Crippen LogP contribution in [0.4, 0.5) is 0 Å². The molecule has 1 heterocycles. The Kier molecular flexibility index (Phi) is 4.70. The lowest BCUT2D eigenvalue weighted by atomic mass is 10.0. The first-order valence-electron chi connectivity index (χ1n) is 8.79. The molecule has 1 amide bonds. The van der Waals surface area contributed by atoms with E-state index in [4.69, 9.17) is 0 Å². The molecule has 0 atom stereocenters. The van der Waals surface area contributed by atoms with Crippen LogP contribution in [0.1, 0.15) is 65.5 Å². The molecule has 1 fully saturated rings. The first-order chi connectivity index (χ1) is 11.5. The lowest BCUT2D eigenvalue weighted by Crippen LogP contribution is -2.33. The number of hydrogen-bond donors (Lipinski definition) is 0. The zero-order valence-electron chi connectivity index (χ0n) is 15.0. The van der Waals surface area contributed by atoms with Gasteiger partial charge in [0.1, 0.15) is 0 Å². The molecule has 0 radical (unpaired) electrons. The summed E-state index contributed by atoms with van der Waals surface area (Å²) in [4.78, 5) is 19.5. The Balaban J connectivity index is 1.81. The van der Waals surface area contributed by atoms with Gasteiger partial charge in [-0.2, -0.15) is 0 Å². The van der Waals surface area contributed by atoms with Gasteiger partial charge in [-0.25, -0.2) is 0 Å². The number of rotatable bonds is 5. The minimum Gasteiger partial charge on any atom is -0.331 e. The number of aryl methyl sites for hydroxylation is 2. The highest BCUT2D eigenvalue weighted by Gasteiger charge is 2.33. The Morgan fingerprint density at radius 2 is 1.79 bits per heavy atom. The molecule has 1 aliphatic carbocycles. The Bertz CT molecular complexity index is 730. The summed E-state index contributed by atoms with van der Waals surface area (Å²) in [6.07, 6.45) is 2.21. The van der Waals surface area contributed by atoms with Crippen molar-refractivity contribution in [1.29, 1.82) is 0 Å². The summed E-state index contributed by atoms with van der Waals surface area (Å²) in [5.74, 6) is 0.636. The highest BCUT2D eigenvalue weighted by Crippen LogP contribution is 2.30. The van der Waals surface area contributed by atoms with Crippen LogP contribution in [0.2, 0.25) is 0 Å². The van der Waals surface area contributed by atoms with Gasteiger partial charge in [0.25, 0.3) is 5.91 Å². The van der Waals surface area contributed by atoms with E-state index in [-0.39, 0.29) is 5.91 Å². The molecule has 3 rings (SSSR count). The third kappa shape index (κ3) is 3.66. The molecule has 24 heavy (non-hydrogen) atoms. The predicted molar refractivity (Wildman–Crippen MR) is 97.1 cm³/mol. The van der Waals surface area contributed by atoms with Crippen LogP contribution < -0.4 is 0 Å². The van der Waals surface area contributed by atoms with Crippen LogP contribution in [0, 0.1) is 13.8 Å². The predicted octanol–water partition coefficient (Wildman–Crippen LogP) is 4.63. The largest absolute Gasteiger partial charge is 0.331 e. The topological polar surface area (TPSA) is 33.2 Å². The fraction of sp³-hybridized carbons (Fsp3) is 0.429. The first kappa shape index (κ1) is 16.7. The Morgan fingerprint density at radius 1 is 1.12 bits per heavy atom. The summed E-state index contributed by atoms with van der Waals surface area (Å²) in [7, 11) is 0. The van der Waals surface area contributed by atoms with Gasteiger partial charge in [-0.1, -0.05) is 38.1 Å². The minimum absolute atomic E-state index is 0.107. The lowest BCUT2D eigenvalue weighted by Gasteiger charge is -2.23. The molecule has 0 spiro atoms. The van der Waals surface area contributed by atoms with Crippen molar-refractivity contribution in [3.8, 4) is 0 Å². The Labute approximate surface area is 144 Å². The summed E-state index contributed by atoms with van der Waals surface area (Å²) in [6.45, 7) is 8.94. The number of carbonyl (C=O) groups excluding carboxylic acids is 1. The molecule has 1 aromatic heterocycles. The van der Waals surface area contributed by atoms with E-state index < -0.39 is 0 Å². The van der Waals surface area contributed by atoms with Crippen LogP contribution in [0.5, 0.6) is 0 Å². The van der Waals surface area contributed by atoms with Crippen molar-refractivity contribution in [3.05, 3.63) is 64.5 Å². The summed E-state index contributed by atoms with van der Waals surface area (Å²) >= 11 is 0. The third-order valence-electron chi connectivity index (χ3n) is 4.70. The number of carbonyl (C=O) groups is 1. The number of pyridine rings is 1. The maximum atomic E-state index is 13.0. The van der Waals surface area contributed by atoms with Crippen LogP contribution in [-0.4, -0.2) is 21.8 Å². The van der Waals surface area contributed by atoms with Crippen molar-refractivity contribution in [3.63, 3.8) is 0 Å². The monoisotopic (exact) mass is 322 g/mol. The van der Waals surface area contributed by atoms with Gasteiger partial charge >= 0.3 is 0 Å². The van der Waals surface area contributed by atoms with Crippen molar-refractivity contribution >= 4 is 5.91 Å². The molecule has 0 saturated heterocycles. The molecule has 1 aromatic carbocycles. The van der Waals surface area contributed by atoms with Gasteiger partial charge in [-0.05, 0) is 55.9 Å². The van der Waals surface area contributed by atoms with E-state index in [9.17, 15) is 4.79 Å². The Hall–Kier alpha value is -2.16. The normalized spacial score (nSPS) is 14.0. The minimum atomic E-state index is 0.107. The van der Waals surface area contributed by atoms with Gasteiger partial charge in [0.05, 0.1) is 11.3 Å². The standard InChI is InChI=1S/C21H26N2O/c1-14(2)18-8-6-17(7-9-18)13-23(19-10-11-19)21(24)20-12-5-15(3)22-16(20)4/h5-9,12,14,19H,10-11,13H2,1-4H3. The molecule has 0 bridgehead atoms. The maximum Gasteiger partial charge on any atom is 0.256 e. The average Bonchev–Trinajstić information content (AvgIpc) is 3.37. The molecular weight excluding hydrogens is 296 g/mol. The second-order valence-electron chi connectivity index (χ2n) is 7.15. The average molecular weight is 322 g/mol. The smallest absolute Gasteiger partial charge is 0.256 e. The van der Waals surface area contributed by atoms with E-state index in [2.05, 4.69) is 43.1 Å². The fourth-order valence-electron chi connectivity index (χ4n) is 3.02. The summed E-state index contributed by atoms with van der Waals surface area (Å²) in [6, 6.07) is 12.9. The number of benzene rings is 1. The summed E-state index contributed by atoms with van der Waals surface area (Å²) < 4.78 is 0. The molecule has 0 unspecified atom stereocenters. The Morgan fingerprint density at radius 3 is 2.33 bits per heavy atom. The SMILES string of the molecule is Cc1ccc(C(=O)N(Cc2ccc(C(C)C)cc2)C2CC2)c(C)n1. The molecule has 0 N–H and O–H groups in total. The van der Waals surface area contributed by atoms with Crippen molar-refractivity contribution in [2.45, 2.75) is 59.0 Å². The van der Waals surface area contributed by atoms with Crippen molar-refractivity contribution in [2.24, 2.45) is 0 Å². The maximum absolute atomic E-state index is 13.0. The van der Waals surface area contributed by atoms with Crippen molar-refractivity contribution < 1.29 is 4.79 Å². The van der Waals surface area contributed by atoms with Crippen LogP contribution in [-0.2, 0) is 6.54 Å². The second-order valence-corrected chi connectivity index (χ2v) is 7.15. The van der Waals surface area contributed by atoms with Crippen molar-refractivity contribution in [1.82, 2.24) is 9.88 Å². The van der Waals surface area contributed by atoms with E-state index in [1.807, 2.05) is 30.9 Å². The number of hydrogen-bond acceptors (Lipinski definition) is 2. The summed E-state index contributed by atoms with van der Waals surface area (Å²) in [5, 5.41) is 0. The third-order valence-corrected chi connectivity index (χ3v) is 4.70. The molecule has 3 heteroatoms. The number of aromatic nitrogens is 1. The van der Waals surface area contributed by atoms with Crippen molar-refractivity contribution in [2.75, 3.05) is 0 Å². The van der Waals surface area contributed by atoms with Gasteiger partial charge in [-0.3, -0.25) is 9.78 Å². The molecule has 126 valence electrons. The quantitative estimate of drug-likeness (QED) is 0.804. The molecular formula is C21H26N2O. The highest BCUT2D eigenvalue weighted by molar-refractivity contribution is 5.95. The molecule has 1 saturated carbocycles. The summed E-state index contributed by atoms with van der Waals surface area (Å²) in [5.41, 5.74) is 5.03. The van der Waals surface area contributed by atoms with Crippen LogP contribution in [0.15, 0.2) is 36.4 Å². The molecule has 1 aliphatic rings. The zero-order valence-corrected chi connectivity index (χ0v) is 15.0. The van der Waals surface area contributed by atoms with Crippen LogP contribution in [0.3, 0.4) is 0 Å². The number of amides is 1. The van der Waals surface area contributed by atoms with E-state index in [0.29, 0.717) is 18.5 Å². The molecule has 2 aromatic rings. The molecule has 3 nitrogen and oxygen atoms in total. The van der Waals surface area contributed by atoms with Gasteiger partial charge < -0.3 is 4.90 Å². The van der Waals surface area contributed by atoms with E-state index in [0.717, 1.165) is 29.8 Å².